The van der Waals surface area contributed by atoms with Crippen molar-refractivity contribution >= 4 is 0 Å². The molecule has 0 bridgehead atoms. The van der Waals surface area contributed by atoms with Crippen molar-refractivity contribution in [2.45, 2.75) is 25.0 Å². The van der Waals surface area contributed by atoms with E-state index in [-0.39, 0.29) is 5.79 Å². The number of nitrogens with zero attached hydrogens (tertiary/aromatic N) is 1. The molecule has 1 saturated heterocycles. The summed E-state index contributed by atoms with van der Waals surface area (Å²) in [6.07, 6.45) is 5.01. The van der Waals surface area contributed by atoms with Gasteiger partial charge in [0.25, 0.3) is 0 Å². The van der Waals surface area contributed by atoms with E-state index in [1.807, 2.05) is 0 Å². The summed E-state index contributed by atoms with van der Waals surface area (Å²) in [5, 5.41) is 8.94. The molecular formula is C11H13NO2. The van der Waals surface area contributed by atoms with E-state index in [4.69, 9.17) is 14.7 Å². The fourth-order valence-corrected chi connectivity index (χ4v) is 3.13. The molecule has 2 fully saturated rings. The molecule has 14 heavy (non-hydrogen) atoms. The lowest BCUT2D eigenvalue weighted by Crippen LogP contribution is -2.35. The van der Waals surface area contributed by atoms with Crippen LogP contribution in [0.3, 0.4) is 0 Å². The van der Waals surface area contributed by atoms with Crippen LogP contribution < -0.4 is 0 Å². The van der Waals surface area contributed by atoms with Crippen LogP contribution in [0.15, 0.2) is 11.6 Å². The van der Waals surface area contributed by atoms with Gasteiger partial charge in [0.2, 0.25) is 0 Å². The molecule has 1 aliphatic heterocycles. The molecule has 3 aliphatic rings. The van der Waals surface area contributed by atoms with E-state index in [2.05, 4.69) is 12.1 Å². The Kier molecular flexibility index (Phi) is 1.70. The molecular weight excluding hydrogens is 178 g/mol. The van der Waals surface area contributed by atoms with Gasteiger partial charge in [-0.05, 0) is 12.8 Å². The van der Waals surface area contributed by atoms with Gasteiger partial charge in [-0.25, -0.2) is 0 Å². The average Bonchev–Trinajstić information content (AvgIpc) is 2.88. The molecule has 0 aromatic rings. The zero-order valence-electron chi connectivity index (χ0n) is 8.03. The molecule has 2 atom stereocenters. The monoisotopic (exact) mass is 191 g/mol. The SMILES string of the molecule is N#CC1=CCC2C1CCC21OCCO1. The highest BCUT2D eigenvalue weighted by atomic mass is 16.7. The maximum absolute atomic E-state index is 8.94. The van der Waals surface area contributed by atoms with E-state index in [1.54, 1.807) is 0 Å². The van der Waals surface area contributed by atoms with Crippen molar-refractivity contribution in [2.24, 2.45) is 11.8 Å². The minimum absolute atomic E-state index is 0.334. The molecule has 74 valence electrons. The number of rotatable bonds is 0. The van der Waals surface area contributed by atoms with Gasteiger partial charge in [0.15, 0.2) is 5.79 Å². The van der Waals surface area contributed by atoms with E-state index in [1.165, 1.54) is 0 Å². The van der Waals surface area contributed by atoms with Gasteiger partial charge in [-0.15, -0.1) is 0 Å². The van der Waals surface area contributed by atoms with Gasteiger partial charge in [-0.1, -0.05) is 6.08 Å². The molecule has 0 aromatic heterocycles. The van der Waals surface area contributed by atoms with Crippen LogP contribution in [0.5, 0.6) is 0 Å². The average molecular weight is 191 g/mol. The predicted molar refractivity (Wildman–Crippen MR) is 49.2 cm³/mol. The van der Waals surface area contributed by atoms with Crippen LogP contribution in [0, 0.1) is 23.2 Å². The molecule has 0 N–H and O–H groups in total. The van der Waals surface area contributed by atoms with Crippen molar-refractivity contribution in [3.8, 4) is 6.07 Å². The fraction of sp³-hybridized carbons (Fsp3) is 0.727. The van der Waals surface area contributed by atoms with Gasteiger partial charge < -0.3 is 9.47 Å². The lowest BCUT2D eigenvalue weighted by Gasteiger charge is -2.28. The van der Waals surface area contributed by atoms with Crippen LogP contribution in [-0.4, -0.2) is 19.0 Å². The van der Waals surface area contributed by atoms with E-state index in [0.29, 0.717) is 25.0 Å². The molecule has 3 nitrogen and oxygen atoms in total. The van der Waals surface area contributed by atoms with Crippen molar-refractivity contribution in [3.05, 3.63) is 11.6 Å². The van der Waals surface area contributed by atoms with Gasteiger partial charge in [-0.3, -0.25) is 0 Å². The topological polar surface area (TPSA) is 42.2 Å². The highest BCUT2D eigenvalue weighted by Gasteiger charge is 2.54. The highest BCUT2D eigenvalue weighted by Crippen LogP contribution is 2.53. The van der Waals surface area contributed by atoms with Crippen molar-refractivity contribution < 1.29 is 9.47 Å². The number of ether oxygens (including phenoxy) is 2. The molecule has 1 heterocycles. The summed E-state index contributed by atoms with van der Waals surface area (Å²) >= 11 is 0. The Balaban J connectivity index is 1.88. The Morgan fingerprint density at radius 3 is 2.93 bits per heavy atom. The molecule has 0 aromatic carbocycles. The maximum Gasteiger partial charge on any atom is 0.172 e. The first-order valence-electron chi connectivity index (χ1n) is 5.24. The number of hydrogen-bond acceptors (Lipinski definition) is 3. The number of nitriles is 1. The van der Waals surface area contributed by atoms with Crippen LogP contribution >= 0.6 is 0 Å². The second kappa shape index (κ2) is 2.82. The van der Waals surface area contributed by atoms with Gasteiger partial charge in [0.05, 0.1) is 19.3 Å². The summed E-state index contributed by atoms with van der Waals surface area (Å²) in [5.41, 5.74) is 0.950. The Hall–Kier alpha value is -0.850. The smallest absolute Gasteiger partial charge is 0.172 e. The van der Waals surface area contributed by atoms with E-state index in [0.717, 1.165) is 24.8 Å². The van der Waals surface area contributed by atoms with Gasteiger partial charge >= 0.3 is 0 Å². The Morgan fingerprint density at radius 1 is 1.43 bits per heavy atom. The van der Waals surface area contributed by atoms with Crippen LogP contribution in [0.1, 0.15) is 19.3 Å². The number of fused-ring (bicyclic) bond motifs is 2. The lowest BCUT2D eigenvalue weighted by atomic mass is 9.92. The van der Waals surface area contributed by atoms with Crippen molar-refractivity contribution in [1.82, 2.24) is 0 Å². The molecule has 2 unspecified atom stereocenters. The molecule has 1 saturated carbocycles. The van der Waals surface area contributed by atoms with Crippen LogP contribution in [-0.2, 0) is 9.47 Å². The molecule has 3 heteroatoms. The summed E-state index contributed by atoms with van der Waals surface area (Å²) in [5.74, 6) is 0.470. The Morgan fingerprint density at radius 2 is 2.21 bits per heavy atom. The third kappa shape index (κ3) is 0.930. The van der Waals surface area contributed by atoms with Gasteiger partial charge in [0.1, 0.15) is 0 Å². The molecule has 1 spiro atoms. The van der Waals surface area contributed by atoms with Gasteiger partial charge in [0, 0.05) is 23.8 Å². The van der Waals surface area contributed by atoms with Crippen LogP contribution in [0.2, 0.25) is 0 Å². The largest absolute Gasteiger partial charge is 0.347 e. The minimum Gasteiger partial charge on any atom is -0.347 e. The van der Waals surface area contributed by atoms with E-state index < -0.39 is 0 Å². The van der Waals surface area contributed by atoms with E-state index in [9.17, 15) is 0 Å². The summed E-state index contributed by atoms with van der Waals surface area (Å²) in [6, 6.07) is 2.29. The molecule has 0 amide bonds. The highest BCUT2D eigenvalue weighted by molar-refractivity contribution is 5.31. The summed E-state index contributed by atoms with van der Waals surface area (Å²) in [4.78, 5) is 0. The Bertz CT molecular complexity index is 323. The second-order valence-electron chi connectivity index (χ2n) is 4.27. The quantitative estimate of drug-likeness (QED) is 0.584. The third-order valence-electron chi connectivity index (χ3n) is 3.75. The predicted octanol–water partition coefficient (Wildman–Crippen LogP) is 1.61. The minimum atomic E-state index is -0.334. The summed E-state index contributed by atoms with van der Waals surface area (Å²) in [7, 11) is 0. The van der Waals surface area contributed by atoms with E-state index >= 15 is 0 Å². The van der Waals surface area contributed by atoms with Crippen LogP contribution in [0.25, 0.3) is 0 Å². The molecule has 3 rings (SSSR count). The zero-order chi connectivity index (χ0) is 9.60. The number of allylic oxidation sites excluding steroid dienone is 2. The summed E-state index contributed by atoms with van der Waals surface area (Å²) < 4.78 is 11.5. The first-order valence-corrected chi connectivity index (χ1v) is 5.24. The Labute approximate surface area is 83.3 Å². The van der Waals surface area contributed by atoms with Gasteiger partial charge in [-0.2, -0.15) is 5.26 Å². The van der Waals surface area contributed by atoms with Crippen molar-refractivity contribution in [1.29, 1.82) is 5.26 Å². The zero-order valence-corrected chi connectivity index (χ0v) is 8.03. The van der Waals surface area contributed by atoms with Crippen molar-refractivity contribution in [2.75, 3.05) is 13.2 Å². The third-order valence-corrected chi connectivity index (χ3v) is 3.75. The molecule has 0 radical (unpaired) electrons. The fourth-order valence-electron chi connectivity index (χ4n) is 3.13. The maximum atomic E-state index is 8.94. The second-order valence-corrected chi connectivity index (χ2v) is 4.27. The standard InChI is InChI=1S/C11H13NO2/c12-7-8-1-2-10-9(8)3-4-11(10)13-5-6-14-11/h1,9-10H,2-6H2. The summed E-state index contributed by atoms with van der Waals surface area (Å²) in [6.45, 7) is 1.43. The first-order chi connectivity index (χ1) is 6.86. The van der Waals surface area contributed by atoms with Crippen molar-refractivity contribution in [3.63, 3.8) is 0 Å². The lowest BCUT2D eigenvalue weighted by molar-refractivity contribution is -0.182. The normalized spacial score (nSPS) is 38.4. The van der Waals surface area contributed by atoms with Crippen LogP contribution in [0.4, 0.5) is 0 Å². The first kappa shape index (κ1) is 8.46. The number of hydrogen-bond donors (Lipinski definition) is 0. The molecule has 2 aliphatic carbocycles.